The number of unbranched alkanes of at least 4 members (excludes halogenated alkanes) is 2. The van der Waals surface area contributed by atoms with E-state index in [4.69, 9.17) is 5.11 Å². The van der Waals surface area contributed by atoms with E-state index in [1.165, 1.54) is 19.3 Å². The molecule has 0 fully saturated rings. The molecule has 0 rings (SSSR count). The Morgan fingerprint density at radius 2 is 1.91 bits per heavy atom. The molecule has 0 amide bonds. The summed E-state index contributed by atoms with van der Waals surface area (Å²) in [5, 5.41) is 8.77. The fourth-order valence-electron chi connectivity index (χ4n) is 1.06. The Labute approximate surface area is 70.1 Å². The maximum absolute atomic E-state index is 8.77. The Kier molecular flexibility index (Phi) is 6.00. The summed E-state index contributed by atoms with van der Waals surface area (Å²) in [6, 6.07) is 0. The van der Waals surface area contributed by atoms with Crippen molar-refractivity contribution >= 4 is 0 Å². The van der Waals surface area contributed by atoms with Gasteiger partial charge in [-0.05, 0) is 12.3 Å². The summed E-state index contributed by atoms with van der Waals surface area (Å²) in [4.78, 5) is 0. The van der Waals surface area contributed by atoms with Crippen LogP contribution < -0.4 is 0 Å². The van der Waals surface area contributed by atoms with E-state index in [0.717, 1.165) is 18.8 Å². The molecule has 0 saturated heterocycles. The molecule has 0 saturated carbocycles. The molecule has 0 radical (unpaired) electrons. The van der Waals surface area contributed by atoms with Crippen LogP contribution >= 0.6 is 0 Å². The quantitative estimate of drug-likeness (QED) is 0.459. The highest BCUT2D eigenvalue weighted by molar-refractivity contribution is 4.77. The standard InChI is InChI=1S/C10H20O/c1-9(2)7-5-4-6-8-10(3)11/h9,11H,3-8H2,1-2H3. The summed E-state index contributed by atoms with van der Waals surface area (Å²) >= 11 is 0. The maximum atomic E-state index is 8.77. The molecular formula is C10H20O. The van der Waals surface area contributed by atoms with E-state index in [0.29, 0.717) is 5.76 Å². The van der Waals surface area contributed by atoms with Crippen LogP contribution in [0.25, 0.3) is 0 Å². The van der Waals surface area contributed by atoms with Crippen molar-refractivity contribution in [1.29, 1.82) is 0 Å². The van der Waals surface area contributed by atoms with Gasteiger partial charge in [0.05, 0.1) is 5.76 Å². The largest absolute Gasteiger partial charge is 0.513 e. The third-order valence-electron chi connectivity index (χ3n) is 1.75. The third-order valence-corrected chi connectivity index (χ3v) is 1.75. The molecule has 1 heteroatoms. The summed E-state index contributed by atoms with van der Waals surface area (Å²) in [5.74, 6) is 1.14. The minimum atomic E-state index is 0.328. The molecule has 0 aliphatic heterocycles. The number of allylic oxidation sites excluding steroid dienone is 1. The SMILES string of the molecule is C=C(O)CCCCCC(C)C. The van der Waals surface area contributed by atoms with Crippen molar-refractivity contribution in [3.8, 4) is 0 Å². The molecule has 1 N–H and O–H groups in total. The molecule has 0 bridgehead atoms. The van der Waals surface area contributed by atoms with Gasteiger partial charge in [0.25, 0.3) is 0 Å². The van der Waals surface area contributed by atoms with Crippen molar-refractivity contribution < 1.29 is 5.11 Å². The lowest BCUT2D eigenvalue weighted by atomic mass is 10.0. The Balaban J connectivity index is 2.97. The molecule has 0 aliphatic carbocycles. The van der Waals surface area contributed by atoms with E-state index in [1.807, 2.05) is 0 Å². The lowest BCUT2D eigenvalue weighted by Crippen LogP contribution is -1.87. The van der Waals surface area contributed by atoms with Crippen molar-refractivity contribution in [2.75, 3.05) is 0 Å². The van der Waals surface area contributed by atoms with Crippen LogP contribution in [0.4, 0.5) is 0 Å². The summed E-state index contributed by atoms with van der Waals surface area (Å²) in [7, 11) is 0. The molecule has 0 unspecified atom stereocenters. The topological polar surface area (TPSA) is 20.2 Å². The van der Waals surface area contributed by atoms with Gasteiger partial charge in [0, 0.05) is 6.42 Å². The fraction of sp³-hybridized carbons (Fsp3) is 0.800. The van der Waals surface area contributed by atoms with E-state index >= 15 is 0 Å². The number of aliphatic hydroxyl groups is 1. The van der Waals surface area contributed by atoms with Gasteiger partial charge in [0.1, 0.15) is 0 Å². The molecule has 0 spiro atoms. The summed E-state index contributed by atoms with van der Waals surface area (Å²) in [6.45, 7) is 7.93. The summed E-state index contributed by atoms with van der Waals surface area (Å²) in [5.41, 5.74) is 0. The normalized spacial score (nSPS) is 10.5. The second-order valence-electron chi connectivity index (χ2n) is 3.56. The predicted octanol–water partition coefficient (Wildman–Crippen LogP) is 3.66. The highest BCUT2D eigenvalue weighted by Gasteiger charge is 1.94. The number of aliphatic hydroxyl groups excluding tert-OH is 1. The molecule has 0 heterocycles. The van der Waals surface area contributed by atoms with Crippen LogP contribution in [0.2, 0.25) is 0 Å². The molecule has 0 atom stereocenters. The third kappa shape index (κ3) is 9.54. The van der Waals surface area contributed by atoms with Crippen LogP contribution in [-0.2, 0) is 0 Å². The monoisotopic (exact) mass is 156 g/mol. The lowest BCUT2D eigenvalue weighted by molar-refractivity contribution is 0.382. The van der Waals surface area contributed by atoms with E-state index < -0.39 is 0 Å². The van der Waals surface area contributed by atoms with Gasteiger partial charge in [-0.25, -0.2) is 0 Å². The zero-order valence-electron chi connectivity index (χ0n) is 7.77. The number of hydrogen-bond acceptors (Lipinski definition) is 1. The molecule has 0 aromatic heterocycles. The van der Waals surface area contributed by atoms with Crippen molar-refractivity contribution in [3.63, 3.8) is 0 Å². The van der Waals surface area contributed by atoms with Gasteiger partial charge < -0.3 is 5.11 Å². The predicted molar refractivity (Wildman–Crippen MR) is 49.7 cm³/mol. The van der Waals surface area contributed by atoms with Gasteiger partial charge in [-0.3, -0.25) is 0 Å². The van der Waals surface area contributed by atoms with Gasteiger partial charge in [-0.15, -0.1) is 0 Å². The lowest BCUT2D eigenvalue weighted by Gasteiger charge is -2.03. The molecule has 11 heavy (non-hydrogen) atoms. The van der Waals surface area contributed by atoms with Crippen molar-refractivity contribution in [2.45, 2.75) is 46.0 Å². The van der Waals surface area contributed by atoms with Gasteiger partial charge >= 0.3 is 0 Å². The number of hydrogen-bond donors (Lipinski definition) is 1. The van der Waals surface area contributed by atoms with Crippen molar-refractivity contribution in [3.05, 3.63) is 12.3 Å². The highest BCUT2D eigenvalue weighted by atomic mass is 16.3. The first-order valence-corrected chi connectivity index (χ1v) is 4.49. The van der Waals surface area contributed by atoms with Gasteiger partial charge in [-0.2, -0.15) is 0 Å². The van der Waals surface area contributed by atoms with Crippen LogP contribution in [0.15, 0.2) is 12.3 Å². The zero-order chi connectivity index (χ0) is 8.69. The zero-order valence-corrected chi connectivity index (χ0v) is 7.77. The summed E-state index contributed by atoms with van der Waals surface area (Å²) in [6.07, 6.45) is 5.67. The Morgan fingerprint density at radius 3 is 2.36 bits per heavy atom. The highest BCUT2D eigenvalue weighted by Crippen LogP contribution is 2.10. The van der Waals surface area contributed by atoms with Gasteiger partial charge in [0.15, 0.2) is 0 Å². The fourth-order valence-corrected chi connectivity index (χ4v) is 1.06. The first-order chi connectivity index (χ1) is 5.13. The van der Waals surface area contributed by atoms with Crippen LogP contribution in [-0.4, -0.2) is 5.11 Å². The minimum absolute atomic E-state index is 0.328. The van der Waals surface area contributed by atoms with Crippen LogP contribution in [0, 0.1) is 5.92 Å². The molecule has 0 aromatic carbocycles. The average molecular weight is 156 g/mol. The first kappa shape index (κ1) is 10.5. The Bertz CT molecular complexity index is 105. The smallest absolute Gasteiger partial charge is 0.0851 e. The Morgan fingerprint density at radius 1 is 1.27 bits per heavy atom. The second-order valence-corrected chi connectivity index (χ2v) is 3.56. The summed E-state index contributed by atoms with van der Waals surface area (Å²) < 4.78 is 0. The van der Waals surface area contributed by atoms with Crippen LogP contribution in [0.1, 0.15) is 46.0 Å². The van der Waals surface area contributed by atoms with Gasteiger partial charge in [0.2, 0.25) is 0 Å². The van der Waals surface area contributed by atoms with E-state index in [2.05, 4.69) is 20.4 Å². The van der Waals surface area contributed by atoms with E-state index in [-0.39, 0.29) is 0 Å². The number of rotatable bonds is 6. The van der Waals surface area contributed by atoms with Gasteiger partial charge in [-0.1, -0.05) is 39.7 Å². The molecule has 1 nitrogen and oxygen atoms in total. The van der Waals surface area contributed by atoms with Crippen molar-refractivity contribution in [1.82, 2.24) is 0 Å². The maximum Gasteiger partial charge on any atom is 0.0851 e. The van der Waals surface area contributed by atoms with Crippen molar-refractivity contribution in [2.24, 2.45) is 5.92 Å². The average Bonchev–Trinajstić information content (AvgIpc) is 1.85. The van der Waals surface area contributed by atoms with Crippen LogP contribution in [0.3, 0.4) is 0 Å². The second kappa shape index (κ2) is 6.26. The van der Waals surface area contributed by atoms with E-state index in [9.17, 15) is 0 Å². The first-order valence-electron chi connectivity index (χ1n) is 4.49. The minimum Gasteiger partial charge on any atom is -0.513 e. The molecule has 66 valence electrons. The molecular weight excluding hydrogens is 136 g/mol. The Hall–Kier alpha value is -0.460. The van der Waals surface area contributed by atoms with E-state index in [1.54, 1.807) is 0 Å². The molecule has 0 aliphatic rings. The van der Waals surface area contributed by atoms with Crippen LogP contribution in [0.5, 0.6) is 0 Å². The molecule has 0 aromatic rings.